The van der Waals surface area contributed by atoms with Gasteiger partial charge in [0.2, 0.25) is 0 Å². The van der Waals surface area contributed by atoms with Gasteiger partial charge in [-0.25, -0.2) is 0 Å². The molecule has 2 heterocycles. The summed E-state index contributed by atoms with van der Waals surface area (Å²) in [5, 5.41) is 3.47. The monoisotopic (exact) mass is 466 g/mol. The van der Waals surface area contributed by atoms with Crippen molar-refractivity contribution >= 4 is 29.9 Å². The molecule has 148 valence electrons. The number of ether oxygens (including phenoxy) is 1. The van der Waals surface area contributed by atoms with Gasteiger partial charge in [0.1, 0.15) is 0 Å². The highest BCUT2D eigenvalue weighted by Gasteiger charge is 2.21. The van der Waals surface area contributed by atoms with E-state index >= 15 is 0 Å². The van der Waals surface area contributed by atoms with Gasteiger partial charge in [0.05, 0.1) is 6.10 Å². The summed E-state index contributed by atoms with van der Waals surface area (Å²) in [5.41, 5.74) is 0. The topological polar surface area (TPSA) is 40.1 Å². The molecule has 0 radical (unpaired) electrons. The maximum absolute atomic E-state index is 5.75. The van der Waals surface area contributed by atoms with Gasteiger partial charge in [0, 0.05) is 39.3 Å². The largest absolute Gasteiger partial charge is 0.378 e. The van der Waals surface area contributed by atoms with Crippen LogP contribution in [0.3, 0.4) is 0 Å². The molecule has 1 atom stereocenters. The molecule has 0 aromatic heterocycles. The summed E-state index contributed by atoms with van der Waals surface area (Å²) in [5.74, 6) is 1.96. The Morgan fingerprint density at radius 3 is 2.56 bits per heavy atom. The number of nitrogens with one attached hydrogen (secondary N) is 1. The van der Waals surface area contributed by atoms with Gasteiger partial charge < -0.3 is 19.9 Å². The molecule has 2 fully saturated rings. The fourth-order valence-corrected chi connectivity index (χ4v) is 3.86. The minimum atomic E-state index is 0. The van der Waals surface area contributed by atoms with Crippen LogP contribution < -0.4 is 5.32 Å². The smallest absolute Gasteiger partial charge is 0.193 e. The first-order chi connectivity index (χ1) is 11.7. The summed E-state index contributed by atoms with van der Waals surface area (Å²) >= 11 is 0. The summed E-state index contributed by atoms with van der Waals surface area (Å²) in [4.78, 5) is 9.90. The predicted molar refractivity (Wildman–Crippen MR) is 117 cm³/mol. The zero-order valence-electron chi connectivity index (χ0n) is 16.5. The third-order valence-corrected chi connectivity index (χ3v) is 5.11. The highest BCUT2D eigenvalue weighted by atomic mass is 127. The molecule has 1 unspecified atom stereocenters. The number of piperidine rings is 2. The molecule has 0 amide bonds. The van der Waals surface area contributed by atoms with Crippen molar-refractivity contribution in [1.82, 2.24) is 15.1 Å². The van der Waals surface area contributed by atoms with Gasteiger partial charge in [0.25, 0.3) is 0 Å². The SMILES string of the molecule is CCNC(=NCCCN1CCCC(C)C1)N1CCC(OCC)CC1.I. The Bertz CT molecular complexity index is 372. The van der Waals surface area contributed by atoms with Gasteiger partial charge >= 0.3 is 0 Å². The fraction of sp³-hybridized carbons (Fsp3) is 0.947. The third kappa shape index (κ3) is 8.43. The van der Waals surface area contributed by atoms with Crippen LogP contribution in [0.5, 0.6) is 0 Å². The van der Waals surface area contributed by atoms with E-state index in [9.17, 15) is 0 Å². The van der Waals surface area contributed by atoms with Crippen LogP contribution in [-0.4, -0.2) is 74.3 Å². The van der Waals surface area contributed by atoms with Crippen LogP contribution in [0.2, 0.25) is 0 Å². The van der Waals surface area contributed by atoms with Gasteiger partial charge in [-0.05, 0) is 65.0 Å². The maximum Gasteiger partial charge on any atom is 0.193 e. The number of guanidine groups is 1. The molecule has 0 spiro atoms. The lowest BCUT2D eigenvalue weighted by Crippen LogP contribution is -2.47. The molecule has 6 heteroatoms. The van der Waals surface area contributed by atoms with Crippen LogP contribution in [-0.2, 0) is 4.74 Å². The van der Waals surface area contributed by atoms with E-state index in [0.29, 0.717) is 6.10 Å². The Morgan fingerprint density at radius 2 is 1.92 bits per heavy atom. The molecule has 0 bridgehead atoms. The third-order valence-electron chi connectivity index (χ3n) is 5.11. The average Bonchev–Trinajstić information content (AvgIpc) is 2.59. The molecule has 2 aliphatic heterocycles. The van der Waals surface area contributed by atoms with Gasteiger partial charge in [-0.2, -0.15) is 0 Å². The Morgan fingerprint density at radius 1 is 1.16 bits per heavy atom. The standard InChI is InChI=1S/C19H38N4O.HI/c1-4-20-19(23-14-9-18(10-15-23)24-5-2)21-11-7-13-22-12-6-8-17(3)16-22;/h17-18H,4-16H2,1-3H3,(H,20,21);1H. The quantitative estimate of drug-likeness (QED) is 0.271. The molecule has 0 aromatic carbocycles. The first-order valence-electron chi connectivity index (χ1n) is 10.1. The van der Waals surface area contributed by atoms with Crippen molar-refractivity contribution < 1.29 is 4.74 Å². The maximum atomic E-state index is 5.75. The zero-order valence-corrected chi connectivity index (χ0v) is 18.8. The molecule has 1 N–H and O–H groups in total. The average molecular weight is 466 g/mol. The van der Waals surface area contributed by atoms with Crippen molar-refractivity contribution in [1.29, 1.82) is 0 Å². The molecule has 2 aliphatic rings. The van der Waals surface area contributed by atoms with Gasteiger partial charge in [-0.1, -0.05) is 6.92 Å². The second-order valence-corrected chi connectivity index (χ2v) is 7.28. The second-order valence-electron chi connectivity index (χ2n) is 7.28. The minimum absolute atomic E-state index is 0. The van der Waals surface area contributed by atoms with E-state index in [1.807, 2.05) is 0 Å². The van der Waals surface area contributed by atoms with Crippen molar-refractivity contribution in [3.8, 4) is 0 Å². The number of rotatable bonds is 7. The normalized spacial score (nSPS) is 23.4. The van der Waals surface area contributed by atoms with Crippen molar-refractivity contribution in [2.75, 3.05) is 52.4 Å². The zero-order chi connectivity index (χ0) is 17.2. The minimum Gasteiger partial charge on any atom is -0.378 e. The summed E-state index contributed by atoms with van der Waals surface area (Å²) in [6.07, 6.45) is 6.60. The van der Waals surface area contributed by atoms with E-state index in [4.69, 9.17) is 9.73 Å². The highest BCUT2D eigenvalue weighted by molar-refractivity contribution is 14.0. The molecule has 0 saturated carbocycles. The predicted octanol–water partition coefficient (Wildman–Crippen LogP) is 3.19. The van der Waals surface area contributed by atoms with Crippen LogP contribution in [0.4, 0.5) is 0 Å². The molecule has 25 heavy (non-hydrogen) atoms. The van der Waals surface area contributed by atoms with Crippen LogP contribution in [0.25, 0.3) is 0 Å². The molecule has 0 aliphatic carbocycles. The number of hydrogen-bond donors (Lipinski definition) is 1. The van der Waals surface area contributed by atoms with Crippen molar-refractivity contribution in [2.24, 2.45) is 10.9 Å². The lowest BCUT2D eigenvalue weighted by atomic mass is 10.0. The Kier molecular flexibility index (Phi) is 12.1. The van der Waals surface area contributed by atoms with Crippen LogP contribution in [0.15, 0.2) is 4.99 Å². The molecular formula is C19H39IN4O. The van der Waals surface area contributed by atoms with Gasteiger partial charge in [-0.15, -0.1) is 24.0 Å². The summed E-state index contributed by atoms with van der Waals surface area (Å²) in [6.45, 7) is 15.2. The Labute approximate surface area is 172 Å². The molecule has 2 saturated heterocycles. The van der Waals surface area contributed by atoms with E-state index in [-0.39, 0.29) is 24.0 Å². The Hall–Kier alpha value is -0.0800. The second kappa shape index (κ2) is 13.1. The molecule has 0 aromatic rings. The molecule has 2 rings (SSSR count). The first-order valence-corrected chi connectivity index (χ1v) is 10.1. The molecular weight excluding hydrogens is 427 g/mol. The van der Waals surface area contributed by atoms with Crippen molar-refractivity contribution in [3.63, 3.8) is 0 Å². The van der Waals surface area contributed by atoms with E-state index in [1.54, 1.807) is 0 Å². The number of aliphatic imine (C=N–C) groups is 1. The van der Waals surface area contributed by atoms with E-state index in [1.165, 1.54) is 32.5 Å². The first kappa shape index (κ1) is 23.0. The summed E-state index contributed by atoms with van der Waals surface area (Å²) in [6, 6.07) is 0. The van der Waals surface area contributed by atoms with Crippen molar-refractivity contribution in [2.45, 2.75) is 59.0 Å². The lowest BCUT2D eigenvalue weighted by molar-refractivity contribution is 0.0264. The van der Waals surface area contributed by atoms with Gasteiger partial charge in [-0.3, -0.25) is 4.99 Å². The van der Waals surface area contributed by atoms with E-state index in [2.05, 4.69) is 35.9 Å². The van der Waals surface area contributed by atoms with Crippen LogP contribution in [0, 0.1) is 5.92 Å². The van der Waals surface area contributed by atoms with Crippen LogP contribution >= 0.6 is 24.0 Å². The highest BCUT2D eigenvalue weighted by Crippen LogP contribution is 2.16. The molecule has 5 nitrogen and oxygen atoms in total. The summed E-state index contributed by atoms with van der Waals surface area (Å²) < 4.78 is 5.75. The lowest BCUT2D eigenvalue weighted by Gasteiger charge is -2.34. The Balaban J connectivity index is 0.00000312. The van der Waals surface area contributed by atoms with Crippen LogP contribution in [0.1, 0.15) is 52.9 Å². The van der Waals surface area contributed by atoms with E-state index in [0.717, 1.165) is 63.9 Å². The number of likely N-dealkylation sites (tertiary alicyclic amines) is 2. The van der Waals surface area contributed by atoms with Gasteiger partial charge in [0.15, 0.2) is 5.96 Å². The number of halogens is 1. The summed E-state index contributed by atoms with van der Waals surface area (Å²) in [7, 11) is 0. The number of hydrogen-bond acceptors (Lipinski definition) is 3. The number of nitrogens with zero attached hydrogens (tertiary/aromatic N) is 3. The fourth-order valence-electron chi connectivity index (χ4n) is 3.86. The van der Waals surface area contributed by atoms with E-state index < -0.39 is 0 Å². The van der Waals surface area contributed by atoms with Crippen molar-refractivity contribution in [3.05, 3.63) is 0 Å².